The Balaban J connectivity index is 1.45. The summed E-state index contributed by atoms with van der Waals surface area (Å²) in [5.41, 5.74) is 2.66. The molecule has 0 amide bonds. The molecule has 4 aromatic heterocycles. The summed E-state index contributed by atoms with van der Waals surface area (Å²) in [5.74, 6) is 1.33. The molecule has 0 spiro atoms. The maximum Gasteiger partial charge on any atom is 0.282 e. The van der Waals surface area contributed by atoms with E-state index in [0.717, 1.165) is 26.4 Å². The third-order valence-electron chi connectivity index (χ3n) is 6.19. The van der Waals surface area contributed by atoms with E-state index in [1.54, 1.807) is 27.4 Å². The van der Waals surface area contributed by atoms with Gasteiger partial charge in [-0.1, -0.05) is 42.1 Å². The van der Waals surface area contributed by atoms with Crippen LogP contribution in [-0.4, -0.2) is 34.2 Å². The van der Waals surface area contributed by atoms with Gasteiger partial charge < -0.3 is 15.4 Å². The zero-order chi connectivity index (χ0) is 25.5. The Morgan fingerprint density at radius 3 is 2.62 bits per heavy atom. The number of hydrogen-bond donors (Lipinski definition) is 3. The fourth-order valence-electron chi connectivity index (χ4n) is 4.39. The Labute approximate surface area is 215 Å². The molecule has 0 radical (unpaired) electrons. The highest BCUT2D eigenvalue weighted by atomic mass is 32.2. The number of rotatable bonds is 6. The van der Waals surface area contributed by atoms with Crippen LogP contribution in [0, 0.1) is 6.92 Å². The number of fused-ring (bicyclic) bond motifs is 2. The normalized spacial score (nSPS) is 12.3. The summed E-state index contributed by atoms with van der Waals surface area (Å²) >= 11 is 1.42. The molecule has 0 saturated carbocycles. The first-order valence-corrected chi connectivity index (χ1v) is 12.5. The average Bonchev–Trinajstić information content (AvgIpc) is 3.50. The summed E-state index contributed by atoms with van der Waals surface area (Å²) in [6.45, 7) is 3.85. The first-order valence-electron chi connectivity index (χ1n) is 11.7. The lowest BCUT2D eigenvalue weighted by molar-refractivity contribution is 0.462. The fraction of sp³-hybridized carbons (Fsp3) is 0.111. The van der Waals surface area contributed by atoms with Crippen LogP contribution in [0.4, 0.5) is 5.82 Å². The van der Waals surface area contributed by atoms with Crippen molar-refractivity contribution >= 4 is 34.1 Å². The number of aromatic nitrogens is 6. The highest BCUT2D eigenvalue weighted by Crippen LogP contribution is 2.39. The summed E-state index contributed by atoms with van der Waals surface area (Å²) in [4.78, 5) is 27.3. The predicted octanol–water partition coefficient (Wildman–Crippen LogP) is 5.09. The van der Waals surface area contributed by atoms with Gasteiger partial charge in [0.15, 0.2) is 5.82 Å². The van der Waals surface area contributed by atoms with Gasteiger partial charge in [0.2, 0.25) is 0 Å². The van der Waals surface area contributed by atoms with Crippen molar-refractivity contribution in [3.8, 4) is 11.4 Å². The number of benzene rings is 2. The highest BCUT2D eigenvalue weighted by molar-refractivity contribution is 7.99. The van der Waals surface area contributed by atoms with Gasteiger partial charge in [0.25, 0.3) is 5.56 Å². The molecule has 0 saturated heterocycles. The fourth-order valence-corrected chi connectivity index (χ4v) is 5.36. The second-order valence-corrected chi connectivity index (χ2v) is 9.74. The van der Waals surface area contributed by atoms with Crippen LogP contribution in [0.5, 0.6) is 5.75 Å². The van der Waals surface area contributed by atoms with Gasteiger partial charge in [0, 0.05) is 17.3 Å². The molecule has 0 aliphatic carbocycles. The number of para-hydroxylation sites is 2. The minimum atomic E-state index is -0.393. The Morgan fingerprint density at radius 1 is 1.03 bits per heavy atom. The molecule has 1 atom stereocenters. The molecule has 184 valence electrons. The summed E-state index contributed by atoms with van der Waals surface area (Å²) < 4.78 is 3.28. The number of aromatic amines is 1. The van der Waals surface area contributed by atoms with Crippen LogP contribution in [0.1, 0.15) is 24.4 Å². The van der Waals surface area contributed by atoms with E-state index < -0.39 is 6.04 Å². The third-order valence-corrected chi connectivity index (χ3v) is 7.29. The van der Waals surface area contributed by atoms with Crippen molar-refractivity contribution in [1.82, 2.24) is 29.1 Å². The lowest BCUT2D eigenvalue weighted by atomic mass is 10.2. The molecule has 1 unspecified atom stereocenters. The molecule has 6 rings (SSSR count). The van der Waals surface area contributed by atoms with Gasteiger partial charge in [-0.15, -0.1) is 0 Å². The van der Waals surface area contributed by atoms with E-state index in [1.165, 1.54) is 18.1 Å². The van der Waals surface area contributed by atoms with E-state index in [2.05, 4.69) is 20.3 Å². The predicted molar refractivity (Wildman–Crippen MR) is 144 cm³/mol. The van der Waals surface area contributed by atoms with Crippen molar-refractivity contribution in [1.29, 1.82) is 0 Å². The molecule has 37 heavy (non-hydrogen) atoms. The number of nitrogens with zero attached hydrogens (tertiary/aromatic N) is 5. The van der Waals surface area contributed by atoms with Crippen LogP contribution in [-0.2, 0) is 0 Å². The lowest BCUT2D eigenvalue weighted by Crippen LogP contribution is -2.29. The monoisotopic (exact) mass is 509 g/mol. The van der Waals surface area contributed by atoms with Gasteiger partial charge in [-0.05, 0) is 49.7 Å². The number of hydrogen-bond acceptors (Lipinski definition) is 7. The van der Waals surface area contributed by atoms with E-state index >= 15 is 0 Å². The highest BCUT2D eigenvalue weighted by Gasteiger charge is 2.22. The zero-order valence-corrected chi connectivity index (χ0v) is 20.9. The number of H-pyrrole nitrogens is 1. The SMILES string of the molecule is Cc1ccn2nc(C(C)Nc3ncnc4[nH]cc(Sc5ccccc5O)c34)n(-c3ccccc3)c(=O)c12. The topological polar surface area (TPSA) is 113 Å². The molecular formula is C27H23N7O2S. The molecule has 0 bridgehead atoms. The van der Waals surface area contributed by atoms with Crippen LogP contribution >= 0.6 is 11.8 Å². The number of phenolic OH excluding ortho intramolecular Hbond substituents is 1. The van der Waals surface area contributed by atoms with Crippen LogP contribution in [0.2, 0.25) is 0 Å². The molecule has 0 aliphatic heterocycles. The van der Waals surface area contributed by atoms with E-state index in [0.29, 0.717) is 22.8 Å². The molecule has 4 heterocycles. The van der Waals surface area contributed by atoms with Crippen molar-refractivity contribution in [3.05, 3.63) is 101 Å². The van der Waals surface area contributed by atoms with Crippen LogP contribution in [0.25, 0.3) is 22.2 Å². The second-order valence-electron chi connectivity index (χ2n) is 8.66. The first-order chi connectivity index (χ1) is 18.0. The molecule has 0 fully saturated rings. The number of phenols is 1. The minimum absolute atomic E-state index is 0.141. The summed E-state index contributed by atoms with van der Waals surface area (Å²) in [7, 11) is 0. The van der Waals surface area contributed by atoms with Crippen LogP contribution < -0.4 is 10.9 Å². The molecule has 2 aromatic carbocycles. The van der Waals surface area contributed by atoms with Gasteiger partial charge in [-0.25, -0.2) is 14.5 Å². The number of anilines is 1. The Morgan fingerprint density at radius 2 is 1.81 bits per heavy atom. The standard InChI is InChI=1S/C27H23N7O2S/c1-16-12-13-33-23(16)27(36)34(18-8-4-3-5-9-18)26(32-33)17(2)31-25-22-21(14-28-24(22)29-15-30-25)37-20-11-7-6-10-19(20)35/h3-15,17,35H,1-2H3,(H2,28,29,30,31). The van der Waals surface area contributed by atoms with Gasteiger partial charge in [-0.3, -0.25) is 9.36 Å². The third kappa shape index (κ3) is 4.01. The summed E-state index contributed by atoms with van der Waals surface area (Å²) in [6.07, 6.45) is 5.13. The number of aromatic hydroxyl groups is 1. The smallest absolute Gasteiger partial charge is 0.282 e. The van der Waals surface area contributed by atoms with Gasteiger partial charge in [0.1, 0.15) is 29.1 Å². The van der Waals surface area contributed by atoms with Crippen molar-refractivity contribution in [3.63, 3.8) is 0 Å². The quantitative estimate of drug-likeness (QED) is 0.286. The largest absolute Gasteiger partial charge is 0.507 e. The Bertz CT molecular complexity index is 1810. The Hall–Kier alpha value is -4.57. The van der Waals surface area contributed by atoms with Crippen molar-refractivity contribution in [2.24, 2.45) is 0 Å². The molecule has 9 nitrogen and oxygen atoms in total. The molecule has 6 aromatic rings. The van der Waals surface area contributed by atoms with E-state index in [9.17, 15) is 9.90 Å². The summed E-state index contributed by atoms with van der Waals surface area (Å²) in [6, 6.07) is 18.2. The lowest BCUT2D eigenvalue weighted by Gasteiger charge is -2.20. The molecule has 10 heteroatoms. The maximum absolute atomic E-state index is 13.7. The maximum atomic E-state index is 13.7. The van der Waals surface area contributed by atoms with E-state index in [-0.39, 0.29) is 11.3 Å². The van der Waals surface area contributed by atoms with Gasteiger partial charge >= 0.3 is 0 Å². The van der Waals surface area contributed by atoms with Crippen LogP contribution in [0.3, 0.4) is 0 Å². The van der Waals surface area contributed by atoms with E-state index in [1.807, 2.05) is 68.6 Å². The Kier molecular flexibility index (Phi) is 5.65. The molecule has 3 N–H and O–H groups in total. The van der Waals surface area contributed by atoms with Crippen molar-refractivity contribution < 1.29 is 5.11 Å². The zero-order valence-electron chi connectivity index (χ0n) is 20.1. The van der Waals surface area contributed by atoms with Gasteiger partial charge in [-0.2, -0.15) is 5.10 Å². The minimum Gasteiger partial charge on any atom is -0.507 e. The van der Waals surface area contributed by atoms with Crippen LogP contribution in [0.15, 0.2) is 94.0 Å². The number of nitrogens with one attached hydrogen (secondary N) is 2. The average molecular weight is 510 g/mol. The van der Waals surface area contributed by atoms with E-state index in [4.69, 9.17) is 5.10 Å². The van der Waals surface area contributed by atoms with Crippen molar-refractivity contribution in [2.75, 3.05) is 5.32 Å². The van der Waals surface area contributed by atoms with Gasteiger partial charge in [0.05, 0.1) is 22.0 Å². The first kappa shape index (κ1) is 22.9. The van der Waals surface area contributed by atoms with Crippen molar-refractivity contribution in [2.45, 2.75) is 29.7 Å². The number of aryl methyl sites for hydroxylation is 1. The molecular weight excluding hydrogens is 486 g/mol. The molecule has 0 aliphatic rings. The second kappa shape index (κ2) is 9.14. The summed E-state index contributed by atoms with van der Waals surface area (Å²) in [5, 5.41) is 19.3.